The van der Waals surface area contributed by atoms with E-state index in [0.29, 0.717) is 23.3 Å². The molecular weight excluding hydrogens is 376 g/mol. The van der Waals surface area contributed by atoms with Crippen LogP contribution in [0, 0.1) is 0 Å². The number of rotatable bonds is 5. The van der Waals surface area contributed by atoms with Crippen molar-refractivity contribution < 1.29 is 4.79 Å². The van der Waals surface area contributed by atoms with Crippen LogP contribution in [0.15, 0.2) is 30.3 Å². The van der Waals surface area contributed by atoms with Crippen LogP contribution in [0.1, 0.15) is 58.3 Å². The highest BCUT2D eigenvalue weighted by Gasteiger charge is 2.38. The normalized spacial score (nSPS) is 27.8. The molecule has 1 amide bonds. The third kappa shape index (κ3) is 4.65. The van der Waals surface area contributed by atoms with Gasteiger partial charge in [0.1, 0.15) is 0 Å². The number of para-hydroxylation sites is 1. The Bertz CT molecular complexity index is 544. The molecule has 0 bridgehead atoms. The summed E-state index contributed by atoms with van der Waals surface area (Å²) in [6.07, 6.45) is 8.79. The Labute approximate surface area is 160 Å². The lowest BCUT2D eigenvalue weighted by Crippen LogP contribution is -2.53. The highest BCUT2D eigenvalue weighted by Crippen LogP contribution is 2.34. The average molecular weight is 407 g/mol. The molecule has 3 atom stereocenters. The van der Waals surface area contributed by atoms with Gasteiger partial charge < -0.3 is 4.90 Å². The summed E-state index contributed by atoms with van der Waals surface area (Å²) in [6, 6.07) is 11.1. The van der Waals surface area contributed by atoms with Gasteiger partial charge in [0.15, 0.2) is 0 Å². The van der Waals surface area contributed by atoms with Gasteiger partial charge in [0.2, 0.25) is 5.91 Å². The molecule has 0 aromatic heterocycles. The Morgan fingerprint density at radius 2 is 1.88 bits per heavy atom. The number of hydrogen-bond donors (Lipinski definition) is 0. The van der Waals surface area contributed by atoms with E-state index in [9.17, 15) is 4.79 Å². The molecule has 1 aliphatic carbocycles. The fourth-order valence-corrected chi connectivity index (χ4v) is 5.19. The van der Waals surface area contributed by atoms with Gasteiger partial charge in [0, 0.05) is 23.0 Å². The largest absolute Gasteiger partial charge is 0.308 e. The Morgan fingerprint density at radius 3 is 2.56 bits per heavy atom. The lowest BCUT2D eigenvalue weighted by atomic mass is 9.98. The number of carbonyl (C=O) groups is 1. The van der Waals surface area contributed by atoms with Gasteiger partial charge in [-0.15, -0.1) is 0 Å². The minimum Gasteiger partial charge on any atom is -0.308 e. The summed E-state index contributed by atoms with van der Waals surface area (Å²) >= 11 is 3.90. The molecule has 25 heavy (non-hydrogen) atoms. The van der Waals surface area contributed by atoms with Crippen LogP contribution >= 0.6 is 15.9 Å². The topological polar surface area (TPSA) is 23.6 Å². The Morgan fingerprint density at radius 1 is 1.16 bits per heavy atom. The van der Waals surface area contributed by atoms with Crippen molar-refractivity contribution in [2.24, 2.45) is 0 Å². The molecule has 1 heterocycles. The van der Waals surface area contributed by atoms with E-state index in [1.165, 1.54) is 38.8 Å². The summed E-state index contributed by atoms with van der Waals surface area (Å²) in [7, 11) is 0. The summed E-state index contributed by atoms with van der Waals surface area (Å²) in [5.74, 6) is 0.288. The van der Waals surface area contributed by atoms with E-state index in [1.54, 1.807) is 0 Å². The standard InChI is InChI=1S/C21H31BrN2O/c1-2-9-21(25)24(18-11-4-3-5-12-18)19-13-8-10-17(22)16-20(19)23-14-6-7-15-23/h3-5,11-12,17,19-20H,2,6-10,13-16H2,1H3. The number of nitrogens with zero attached hydrogens (tertiary/aromatic N) is 2. The molecule has 1 aromatic carbocycles. The molecule has 3 nitrogen and oxygen atoms in total. The average Bonchev–Trinajstić information content (AvgIpc) is 3.08. The highest BCUT2D eigenvalue weighted by atomic mass is 79.9. The number of likely N-dealkylation sites (tertiary alicyclic amines) is 1. The number of alkyl halides is 1. The van der Waals surface area contributed by atoms with Crippen LogP contribution in [0.3, 0.4) is 0 Å². The summed E-state index contributed by atoms with van der Waals surface area (Å²) in [4.78, 5) is 18.5. The van der Waals surface area contributed by atoms with E-state index in [-0.39, 0.29) is 5.91 Å². The molecule has 3 rings (SSSR count). The fraction of sp³-hybridized carbons (Fsp3) is 0.667. The summed E-state index contributed by atoms with van der Waals surface area (Å²) in [5, 5.41) is 0. The first-order valence-corrected chi connectivity index (χ1v) is 10.9. The molecule has 0 spiro atoms. The molecule has 138 valence electrons. The minimum atomic E-state index is 0.288. The van der Waals surface area contributed by atoms with Gasteiger partial charge >= 0.3 is 0 Å². The summed E-state index contributed by atoms with van der Waals surface area (Å²) < 4.78 is 0. The molecule has 2 aliphatic rings. The zero-order valence-corrected chi connectivity index (χ0v) is 17.0. The van der Waals surface area contributed by atoms with Crippen LogP contribution < -0.4 is 4.90 Å². The SMILES string of the molecule is CCCC(=O)N(c1ccccc1)C1CCCC(Br)CC1N1CCCC1. The lowest BCUT2D eigenvalue weighted by molar-refractivity contribution is -0.119. The van der Waals surface area contributed by atoms with Crippen LogP contribution in [-0.4, -0.2) is 40.8 Å². The quantitative estimate of drug-likeness (QED) is 0.507. The van der Waals surface area contributed by atoms with Gasteiger partial charge in [-0.2, -0.15) is 0 Å². The predicted molar refractivity (Wildman–Crippen MR) is 108 cm³/mol. The first-order valence-electron chi connectivity index (χ1n) is 9.96. The Balaban J connectivity index is 1.93. The van der Waals surface area contributed by atoms with E-state index in [1.807, 2.05) is 6.07 Å². The predicted octanol–water partition coefficient (Wildman–Crippen LogP) is 4.99. The first-order chi connectivity index (χ1) is 12.2. The van der Waals surface area contributed by atoms with Crippen LogP contribution in [0.2, 0.25) is 0 Å². The van der Waals surface area contributed by atoms with Gasteiger partial charge in [-0.05, 0) is 63.7 Å². The summed E-state index contributed by atoms with van der Waals surface area (Å²) in [5.41, 5.74) is 1.07. The number of hydrogen-bond acceptors (Lipinski definition) is 2. The van der Waals surface area contributed by atoms with Crippen LogP contribution in [-0.2, 0) is 4.79 Å². The van der Waals surface area contributed by atoms with Crippen molar-refractivity contribution in [2.75, 3.05) is 18.0 Å². The van der Waals surface area contributed by atoms with Crippen LogP contribution in [0.4, 0.5) is 5.69 Å². The van der Waals surface area contributed by atoms with Crippen molar-refractivity contribution in [3.8, 4) is 0 Å². The zero-order valence-electron chi connectivity index (χ0n) is 15.4. The van der Waals surface area contributed by atoms with Crippen LogP contribution in [0.5, 0.6) is 0 Å². The minimum absolute atomic E-state index is 0.288. The number of carbonyl (C=O) groups excluding carboxylic acids is 1. The Hall–Kier alpha value is -0.870. The van der Waals surface area contributed by atoms with Gasteiger partial charge in [-0.1, -0.05) is 47.5 Å². The van der Waals surface area contributed by atoms with Crippen molar-refractivity contribution in [1.82, 2.24) is 4.90 Å². The van der Waals surface area contributed by atoms with E-state index < -0.39 is 0 Å². The zero-order chi connectivity index (χ0) is 17.6. The monoisotopic (exact) mass is 406 g/mol. The fourth-order valence-electron chi connectivity index (χ4n) is 4.49. The third-order valence-corrected chi connectivity index (χ3v) is 6.50. The van der Waals surface area contributed by atoms with Crippen molar-refractivity contribution in [2.45, 2.75) is 75.2 Å². The van der Waals surface area contributed by atoms with Crippen molar-refractivity contribution >= 4 is 27.5 Å². The van der Waals surface area contributed by atoms with E-state index >= 15 is 0 Å². The highest BCUT2D eigenvalue weighted by molar-refractivity contribution is 9.09. The molecule has 1 saturated heterocycles. The maximum absolute atomic E-state index is 13.1. The van der Waals surface area contributed by atoms with Gasteiger partial charge in [-0.25, -0.2) is 0 Å². The number of amides is 1. The van der Waals surface area contributed by atoms with Gasteiger partial charge in [0.25, 0.3) is 0 Å². The van der Waals surface area contributed by atoms with E-state index in [2.05, 4.69) is 56.9 Å². The third-order valence-electron chi connectivity index (χ3n) is 5.67. The van der Waals surface area contributed by atoms with Crippen molar-refractivity contribution in [3.05, 3.63) is 30.3 Å². The molecule has 1 aromatic rings. The van der Waals surface area contributed by atoms with Crippen LogP contribution in [0.25, 0.3) is 0 Å². The number of benzene rings is 1. The first kappa shape index (κ1) is 18.9. The molecule has 1 saturated carbocycles. The molecule has 3 unspecified atom stereocenters. The molecule has 4 heteroatoms. The van der Waals surface area contributed by atoms with Crippen molar-refractivity contribution in [1.29, 1.82) is 0 Å². The maximum Gasteiger partial charge on any atom is 0.227 e. The number of anilines is 1. The summed E-state index contributed by atoms with van der Waals surface area (Å²) in [6.45, 7) is 4.47. The molecule has 2 fully saturated rings. The second-order valence-corrected chi connectivity index (χ2v) is 8.79. The van der Waals surface area contributed by atoms with Gasteiger partial charge in [0.05, 0.1) is 6.04 Å². The van der Waals surface area contributed by atoms with E-state index in [0.717, 1.165) is 24.9 Å². The Kier molecular flexibility index (Phi) is 6.94. The molecule has 0 N–H and O–H groups in total. The number of halogens is 1. The van der Waals surface area contributed by atoms with Gasteiger partial charge in [-0.3, -0.25) is 9.69 Å². The lowest BCUT2D eigenvalue weighted by Gasteiger charge is -2.41. The molecule has 1 aliphatic heterocycles. The smallest absolute Gasteiger partial charge is 0.227 e. The maximum atomic E-state index is 13.1. The van der Waals surface area contributed by atoms with E-state index in [4.69, 9.17) is 0 Å². The second kappa shape index (κ2) is 9.18. The second-order valence-electron chi connectivity index (χ2n) is 7.49. The van der Waals surface area contributed by atoms with Crippen molar-refractivity contribution in [3.63, 3.8) is 0 Å². The molecule has 0 radical (unpaired) electrons. The molecular formula is C21H31BrN2O.